The maximum absolute atomic E-state index is 12.4. The molecule has 1 aromatic carbocycles. The molecule has 2 heterocycles. The number of carbonyl (C=O) groups is 1. The molecule has 1 amide bonds. The van der Waals surface area contributed by atoms with Gasteiger partial charge < -0.3 is 5.32 Å². The molecule has 1 aliphatic heterocycles. The minimum atomic E-state index is 0.0663. The second-order valence-electron chi connectivity index (χ2n) is 6.84. The van der Waals surface area contributed by atoms with Gasteiger partial charge in [-0.3, -0.25) is 9.69 Å². The molecule has 0 saturated carbocycles. The van der Waals surface area contributed by atoms with Crippen LogP contribution in [0.25, 0.3) is 0 Å². The zero-order chi connectivity index (χ0) is 16.4. The van der Waals surface area contributed by atoms with Crippen molar-refractivity contribution in [3.05, 3.63) is 56.8 Å². The van der Waals surface area contributed by atoms with E-state index in [2.05, 4.69) is 33.8 Å². The topological polar surface area (TPSA) is 32.3 Å². The number of amides is 1. The minimum absolute atomic E-state index is 0.0663. The van der Waals surface area contributed by atoms with E-state index in [1.807, 2.05) is 17.4 Å². The van der Waals surface area contributed by atoms with Gasteiger partial charge in [0.1, 0.15) is 0 Å². The third-order valence-electron chi connectivity index (χ3n) is 5.21. The molecule has 24 heavy (non-hydrogen) atoms. The lowest BCUT2D eigenvalue weighted by atomic mass is 9.90. The number of hydrogen-bond acceptors (Lipinski definition) is 3. The van der Waals surface area contributed by atoms with Crippen molar-refractivity contribution in [1.29, 1.82) is 0 Å². The summed E-state index contributed by atoms with van der Waals surface area (Å²) in [5.74, 6) is 0.0663. The molecule has 4 rings (SSSR count). The van der Waals surface area contributed by atoms with E-state index in [4.69, 9.17) is 0 Å². The van der Waals surface area contributed by atoms with E-state index < -0.39 is 0 Å². The van der Waals surface area contributed by atoms with E-state index >= 15 is 0 Å². The first-order valence-electron chi connectivity index (χ1n) is 8.97. The lowest BCUT2D eigenvalue weighted by molar-refractivity contribution is 0.0947. The van der Waals surface area contributed by atoms with E-state index in [0.717, 1.165) is 51.0 Å². The number of nitrogens with zero attached hydrogens (tertiary/aromatic N) is 1. The van der Waals surface area contributed by atoms with Gasteiger partial charge in [0, 0.05) is 36.6 Å². The third kappa shape index (κ3) is 3.40. The van der Waals surface area contributed by atoms with Gasteiger partial charge >= 0.3 is 0 Å². The van der Waals surface area contributed by atoms with Crippen molar-refractivity contribution in [3.63, 3.8) is 0 Å². The van der Waals surface area contributed by atoms with Crippen LogP contribution in [-0.4, -0.2) is 30.4 Å². The SMILES string of the molecule is O=C(NCCN1CCc2sccc2C1)c1ccc2c(c1)CCCC2. The van der Waals surface area contributed by atoms with E-state index in [-0.39, 0.29) is 5.91 Å². The van der Waals surface area contributed by atoms with Gasteiger partial charge in [0.15, 0.2) is 0 Å². The largest absolute Gasteiger partial charge is 0.351 e. The fraction of sp³-hybridized carbons (Fsp3) is 0.450. The van der Waals surface area contributed by atoms with Crippen molar-refractivity contribution < 1.29 is 4.79 Å². The van der Waals surface area contributed by atoms with Gasteiger partial charge in [-0.1, -0.05) is 6.07 Å². The maximum atomic E-state index is 12.4. The molecular formula is C20H24N2OS. The lowest BCUT2D eigenvalue weighted by Crippen LogP contribution is -2.37. The van der Waals surface area contributed by atoms with Gasteiger partial charge in [-0.25, -0.2) is 0 Å². The number of hydrogen-bond donors (Lipinski definition) is 1. The molecule has 2 aromatic rings. The summed E-state index contributed by atoms with van der Waals surface area (Å²) in [6.07, 6.45) is 5.95. The number of fused-ring (bicyclic) bond motifs is 2. The molecule has 126 valence electrons. The number of rotatable bonds is 4. The lowest BCUT2D eigenvalue weighted by Gasteiger charge is -2.26. The quantitative estimate of drug-likeness (QED) is 0.925. The number of carbonyl (C=O) groups excluding carboxylic acids is 1. The van der Waals surface area contributed by atoms with Crippen LogP contribution in [0.2, 0.25) is 0 Å². The van der Waals surface area contributed by atoms with Crippen molar-refractivity contribution >= 4 is 17.2 Å². The maximum Gasteiger partial charge on any atom is 0.251 e. The molecule has 0 atom stereocenters. The number of thiophene rings is 1. The molecule has 4 heteroatoms. The first-order chi connectivity index (χ1) is 11.8. The Hall–Kier alpha value is -1.65. The molecule has 1 aromatic heterocycles. The molecule has 0 bridgehead atoms. The predicted molar refractivity (Wildman–Crippen MR) is 98.7 cm³/mol. The van der Waals surface area contributed by atoms with E-state index in [1.165, 1.54) is 34.4 Å². The zero-order valence-corrected chi connectivity index (χ0v) is 14.8. The van der Waals surface area contributed by atoms with Crippen LogP contribution >= 0.6 is 11.3 Å². The van der Waals surface area contributed by atoms with Crippen LogP contribution in [0.15, 0.2) is 29.6 Å². The van der Waals surface area contributed by atoms with E-state index in [0.29, 0.717) is 0 Å². The molecule has 3 nitrogen and oxygen atoms in total. The van der Waals surface area contributed by atoms with Crippen LogP contribution in [0.5, 0.6) is 0 Å². The predicted octanol–water partition coefficient (Wildman–Crippen LogP) is 3.42. The van der Waals surface area contributed by atoms with Gasteiger partial charge in [0.25, 0.3) is 5.91 Å². The highest BCUT2D eigenvalue weighted by Gasteiger charge is 2.17. The minimum Gasteiger partial charge on any atom is -0.351 e. The molecule has 0 saturated heterocycles. The summed E-state index contributed by atoms with van der Waals surface area (Å²) in [6, 6.07) is 8.46. The Balaban J connectivity index is 1.29. The smallest absolute Gasteiger partial charge is 0.251 e. The van der Waals surface area contributed by atoms with Gasteiger partial charge in [0.2, 0.25) is 0 Å². The van der Waals surface area contributed by atoms with E-state index in [9.17, 15) is 4.79 Å². The second kappa shape index (κ2) is 7.08. The molecule has 0 fully saturated rings. The number of aryl methyl sites for hydroxylation is 2. The van der Waals surface area contributed by atoms with Gasteiger partial charge in [0.05, 0.1) is 0 Å². The zero-order valence-electron chi connectivity index (χ0n) is 14.0. The van der Waals surface area contributed by atoms with Crippen molar-refractivity contribution in [2.45, 2.75) is 38.6 Å². The first kappa shape index (κ1) is 15.9. The summed E-state index contributed by atoms with van der Waals surface area (Å²) >= 11 is 1.87. The van der Waals surface area contributed by atoms with Crippen LogP contribution in [0.1, 0.15) is 44.8 Å². The molecule has 0 radical (unpaired) electrons. The molecular weight excluding hydrogens is 316 g/mol. The van der Waals surface area contributed by atoms with Crippen molar-refractivity contribution in [1.82, 2.24) is 10.2 Å². The Morgan fingerprint density at radius 3 is 2.88 bits per heavy atom. The summed E-state index contributed by atoms with van der Waals surface area (Å²) in [7, 11) is 0. The summed E-state index contributed by atoms with van der Waals surface area (Å²) in [5, 5.41) is 5.28. The van der Waals surface area contributed by atoms with Crippen LogP contribution in [0.4, 0.5) is 0 Å². The summed E-state index contributed by atoms with van der Waals surface area (Å²) in [6.45, 7) is 3.76. The van der Waals surface area contributed by atoms with E-state index in [1.54, 1.807) is 0 Å². The van der Waals surface area contributed by atoms with Crippen LogP contribution in [0.3, 0.4) is 0 Å². The Morgan fingerprint density at radius 2 is 1.96 bits per heavy atom. The average molecular weight is 340 g/mol. The monoisotopic (exact) mass is 340 g/mol. The fourth-order valence-electron chi connectivity index (χ4n) is 3.80. The van der Waals surface area contributed by atoms with Gasteiger partial charge in [-0.05, 0) is 72.4 Å². The Kier molecular flexibility index (Phi) is 4.67. The summed E-state index contributed by atoms with van der Waals surface area (Å²) < 4.78 is 0. The molecule has 0 spiro atoms. The first-order valence-corrected chi connectivity index (χ1v) is 9.85. The highest BCUT2D eigenvalue weighted by atomic mass is 32.1. The second-order valence-corrected chi connectivity index (χ2v) is 7.84. The van der Waals surface area contributed by atoms with Gasteiger partial charge in [-0.2, -0.15) is 0 Å². The summed E-state index contributed by atoms with van der Waals surface area (Å²) in [5.41, 5.74) is 5.08. The Bertz CT molecular complexity index is 737. The highest BCUT2D eigenvalue weighted by molar-refractivity contribution is 7.10. The summed E-state index contributed by atoms with van der Waals surface area (Å²) in [4.78, 5) is 16.4. The average Bonchev–Trinajstić information content (AvgIpc) is 3.09. The molecule has 0 unspecified atom stereocenters. The van der Waals surface area contributed by atoms with Crippen molar-refractivity contribution in [2.24, 2.45) is 0 Å². The van der Waals surface area contributed by atoms with Crippen LogP contribution in [0, 0.1) is 0 Å². The van der Waals surface area contributed by atoms with Crippen molar-refractivity contribution in [3.8, 4) is 0 Å². The van der Waals surface area contributed by atoms with Crippen molar-refractivity contribution in [2.75, 3.05) is 19.6 Å². The number of nitrogens with one attached hydrogen (secondary N) is 1. The Labute approximate surface area is 147 Å². The normalized spacial score (nSPS) is 17.2. The van der Waals surface area contributed by atoms with Crippen LogP contribution < -0.4 is 5.32 Å². The molecule has 1 aliphatic carbocycles. The third-order valence-corrected chi connectivity index (χ3v) is 6.23. The fourth-order valence-corrected chi connectivity index (χ4v) is 4.69. The standard InChI is InChI=1S/C20H24N2OS/c23-20(17-6-5-15-3-1-2-4-16(15)13-17)21-9-11-22-10-7-19-18(14-22)8-12-24-19/h5-6,8,12-13H,1-4,7,9-11,14H2,(H,21,23). The molecule has 1 N–H and O–H groups in total. The molecule has 2 aliphatic rings. The van der Waals surface area contributed by atoms with Gasteiger partial charge in [-0.15, -0.1) is 11.3 Å². The number of benzene rings is 1. The highest BCUT2D eigenvalue weighted by Crippen LogP contribution is 2.24. The van der Waals surface area contributed by atoms with Crippen LogP contribution in [-0.2, 0) is 25.8 Å². The Morgan fingerprint density at radius 1 is 1.08 bits per heavy atom.